The van der Waals surface area contributed by atoms with E-state index in [4.69, 9.17) is 0 Å². The summed E-state index contributed by atoms with van der Waals surface area (Å²) in [6.07, 6.45) is 5.24. The molecule has 1 saturated heterocycles. The molecule has 146 valence electrons. The average Bonchev–Trinajstić information content (AvgIpc) is 3.26. The Bertz CT molecular complexity index is 916. The number of carbonyl (C=O) groups is 3. The number of urea groups is 1. The molecule has 0 spiro atoms. The third-order valence-corrected chi connectivity index (χ3v) is 4.44. The molecule has 0 aliphatic carbocycles. The second-order valence-corrected chi connectivity index (χ2v) is 7.01. The van der Waals surface area contributed by atoms with Gasteiger partial charge in [0.05, 0.1) is 12.0 Å². The molecule has 1 aromatic heterocycles. The number of nitrogens with one attached hydrogen (secondary N) is 2. The van der Waals surface area contributed by atoms with E-state index in [0.29, 0.717) is 5.71 Å². The second kappa shape index (κ2) is 7.63. The summed E-state index contributed by atoms with van der Waals surface area (Å²) in [7, 11) is 0. The predicted molar refractivity (Wildman–Crippen MR) is 103 cm³/mol. The molecular formula is C19H22N6O3. The molecule has 1 aliphatic rings. The summed E-state index contributed by atoms with van der Waals surface area (Å²) in [4.78, 5) is 41.0. The van der Waals surface area contributed by atoms with Gasteiger partial charge in [0, 0.05) is 31.0 Å². The van der Waals surface area contributed by atoms with Crippen LogP contribution < -0.4 is 10.7 Å². The Kier molecular flexibility index (Phi) is 5.25. The standard InChI is InChI=1S/C19H22N6O3/c1-13(14-4-6-15(7-5-14)24-11-9-20-12-24)22-23-16(26)8-10-25-17(27)19(2,3)21-18(25)28/h4-7,9,11-12H,8,10H2,1-3H3,(H,21,28)(H,23,26)/b22-13+. The van der Waals surface area contributed by atoms with Crippen molar-refractivity contribution in [3.8, 4) is 5.69 Å². The molecule has 1 aliphatic heterocycles. The van der Waals surface area contributed by atoms with E-state index in [1.54, 1.807) is 33.3 Å². The summed E-state index contributed by atoms with van der Waals surface area (Å²) in [6, 6.07) is 7.17. The number of nitrogens with zero attached hydrogens (tertiary/aromatic N) is 4. The van der Waals surface area contributed by atoms with Crippen LogP contribution in [0, 0.1) is 0 Å². The molecule has 2 aromatic rings. The highest BCUT2D eigenvalue weighted by molar-refractivity contribution is 6.06. The Morgan fingerprint density at radius 3 is 2.54 bits per heavy atom. The topological polar surface area (TPSA) is 109 Å². The monoisotopic (exact) mass is 382 g/mol. The van der Waals surface area contributed by atoms with E-state index < -0.39 is 11.6 Å². The molecule has 0 saturated carbocycles. The van der Waals surface area contributed by atoms with Crippen LogP contribution in [0.3, 0.4) is 0 Å². The van der Waals surface area contributed by atoms with Crippen molar-refractivity contribution in [2.75, 3.05) is 6.54 Å². The van der Waals surface area contributed by atoms with Crippen molar-refractivity contribution in [2.24, 2.45) is 5.10 Å². The maximum Gasteiger partial charge on any atom is 0.325 e. The minimum Gasteiger partial charge on any atom is -0.324 e. The van der Waals surface area contributed by atoms with E-state index >= 15 is 0 Å². The molecule has 0 unspecified atom stereocenters. The van der Waals surface area contributed by atoms with E-state index in [1.165, 1.54) is 0 Å². The largest absolute Gasteiger partial charge is 0.325 e. The highest BCUT2D eigenvalue weighted by atomic mass is 16.2. The van der Waals surface area contributed by atoms with Crippen molar-refractivity contribution in [1.82, 2.24) is 25.2 Å². The lowest BCUT2D eigenvalue weighted by Gasteiger charge is -2.15. The molecule has 0 bridgehead atoms. The third-order valence-electron chi connectivity index (χ3n) is 4.44. The molecule has 2 heterocycles. The Balaban J connectivity index is 1.54. The lowest BCUT2D eigenvalue weighted by atomic mass is 10.1. The van der Waals surface area contributed by atoms with E-state index in [0.717, 1.165) is 16.2 Å². The molecule has 2 N–H and O–H groups in total. The van der Waals surface area contributed by atoms with Crippen LogP contribution in [0.2, 0.25) is 0 Å². The molecule has 3 rings (SSSR count). The van der Waals surface area contributed by atoms with Crippen LogP contribution in [0.4, 0.5) is 4.79 Å². The summed E-state index contributed by atoms with van der Waals surface area (Å²) >= 11 is 0. The lowest BCUT2D eigenvalue weighted by Crippen LogP contribution is -2.40. The quantitative estimate of drug-likeness (QED) is 0.447. The number of hydrazone groups is 1. The number of aromatic nitrogens is 2. The van der Waals surface area contributed by atoms with Crippen molar-refractivity contribution in [3.63, 3.8) is 0 Å². The fourth-order valence-electron chi connectivity index (χ4n) is 2.79. The fraction of sp³-hybridized carbons (Fsp3) is 0.316. The zero-order valence-electron chi connectivity index (χ0n) is 16.0. The van der Waals surface area contributed by atoms with Crippen LogP contribution in [0.15, 0.2) is 48.1 Å². The van der Waals surface area contributed by atoms with Crippen LogP contribution in [-0.4, -0.2) is 50.1 Å². The van der Waals surface area contributed by atoms with Gasteiger partial charge in [-0.2, -0.15) is 5.10 Å². The van der Waals surface area contributed by atoms with Crippen LogP contribution in [0.25, 0.3) is 5.69 Å². The van der Waals surface area contributed by atoms with Gasteiger partial charge < -0.3 is 9.88 Å². The SMILES string of the molecule is C/C(=N\NC(=O)CCN1C(=O)NC(C)(C)C1=O)c1ccc(-n2ccnc2)cc1. The highest BCUT2D eigenvalue weighted by Crippen LogP contribution is 2.16. The molecule has 0 radical (unpaired) electrons. The van der Waals surface area contributed by atoms with Gasteiger partial charge in [0.25, 0.3) is 5.91 Å². The minimum atomic E-state index is -0.939. The first-order valence-corrected chi connectivity index (χ1v) is 8.84. The fourth-order valence-corrected chi connectivity index (χ4v) is 2.79. The molecule has 1 aromatic carbocycles. The van der Waals surface area contributed by atoms with Crippen molar-refractivity contribution in [2.45, 2.75) is 32.7 Å². The molecule has 0 atom stereocenters. The van der Waals surface area contributed by atoms with Gasteiger partial charge in [0.15, 0.2) is 0 Å². The highest BCUT2D eigenvalue weighted by Gasteiger charge is 2.43. The molecule has 28 heavy (non-hydrogen) atoms. The number of hydrogen-bond donors (Lipinski definition) is 2. The van der Waals surface area contributed by atoms with Crippen LogP contribution in [0.5, 0.6) is 0 Å². The van der Waals surface area contributed by atoms with Gasteiger partial charge in [-0.3, -0.25) is 14.5 Å². The van der Waals surface area contributed by atoms with Crippen LogP contribution >= 0.6 is 0 Å². The second-order valence-electron chi connectivity index (χ2n) is 7.01. The van der Waals surface area contributed by atoms with Gasteiger partial charge in [-0.1, -0.05) is 12.1 Å². The smallest absolute Gasteiger partial charge is 0.324 e. The van der Waals surface area contributed by atoms with E-state index in [-0.39, 0.29) is 24.8 Å². The summed E-state index contributed by atoms with van der Waals surface area (Å²) in [6.45, 7) is 5.04. The molecular weight excluding hydrogens is 360 g/mol. The van der Waals surface area contributed by atoms with Gasteiger partial charge in [-0.15, -0.1) is 0 Å². The van der Waals surface area contributed by atoms with Crippen molar-refractivity contribution >= 4 is 23.6 Å². The number of carbonyl (C=O) groups excluding carboxylic acids is 3. The summed E-state index contributed by atoms with van der Waals surface area (Å²) in [5.41, 5.74) is 3.99. The molecule has 9 heteroatoms. The summed E-state index contributed by atoms with van der Waals surface area (Å²) < 4.78 is 1.88. The van der Waals surface area contributed by atoms with Crippen molar-refractivity contribution < 1.29 is 14.4 Å². The van der Waals surface area contributed by atoms with E-state index in [9.17, 15) is 14.4 Å². The van der Waals surface area contributed by atoms with Crippen LogP contribution in [0.1, 0.15) is 32.8 Å². The summed E-state index contributed by atoms with van der Waals surface area (Å²) in [5, 5.41) is 6.67. The number of imidazole rings is 1. The van der Waals surface area contributed by atoms with Gasteiger partial charge in [-0.25, -0.2) is 15.2 Å². The first-order valence-electron chi connectivity index (χ1n) is 8.84. The number of imide groups is 1. The molecule has 4 amide bonds. The summed E-state index contributed by atoms with van der Waals surface area (Å²) in [5.74, 6) is -0.720. The third kappa shape index (κ3) is 4.08. The van der Waals surface area contributed by atoms with Crippen LogP contribution in [-0.2, 0) is 9.59 Å². The molecule has 1 fully saturated rings. The Hall–Kier alpha value is -3.49. The Morgan fingerprint density at radius 2 is 1.96 bits per heavy atom. The van der Waals surface area contributed by atoms with Gasteiger partial charge in [0.1, 0.15) is 5.54 Å². The number of rotatable bonds is 6. The molecule has 9 nitrogen and oxygen atoms in total. The first kappa shape index (κ1) is 19.3. The minimum absolute atomic E-state index is 0.00804. The van der Waals surface area contributed by atoms with Crippen molar-refractivity contribution in [3.05, 3.63) is 48.5 Å². The number of amides is 4. The van der Waals surface area contributed by atoms with E-state index in [2.05, 4.69) is 20.8 Å². The lowest BCUT2D eigenvalue weighted by molar-refractivity contribution is -0.130. The number of benzene rings is 1. The normalized spacial score (nSPS) is 16.2. The van der Waals surface area contributed by atoms with E-state index in [1.807, 2.05) is 35.0 Å². The first-order chi connectivity index (χ1) is 13.3. The zero-order valence-corrected chi connectivity index (χ0v) is 16.0. The Labute approximate surface area is 162 Å². The average molecular weight is 382 g/mol. The van der Waals surface area contributed by atoms with Gasteiger partial charge >= 0.3 is 6.03 Å². The van der Waals surface area contributed by atoms with Crippen molar-refractivity contribution in [1.29, 1.82) is 0 Å². The predicted octanol–water partition coefficient (Wildman–Crippen LogP) is 1.43. The van der Waals surface area contributed by atoms with Gasteiger partial charge in [-0.05, 0) is 38.5 Å². The maximum atomic E-state index is 12.1. The Morgan fingerprint density at radius 1 is 1.25 bits per heavy atom. The zero-order chi connectivity index (χ0) is 20.3. The van der Waals surface area contributed by atoms with Gasteiger partial charge in [0.2, 0.25) is 5.91 Å². The maximum absolute atomic E-state index is 12.1. The number of hydrogen-bond acceptors (Lipinski definition) is 5.